The third-order valence-electron chi connectivity index (χ3n) is 6.23. The van der Waals surface area contributed by atoms with Crippen molar-refractivity contribution in [3.05, 3.63) is 36.8 Å². The lowest BCUT2D eigenvalue weighted by atomic mass is 9.93. The number of pyridine rings is 1. The third-order valence-corrected chi connectivity index (χ3v) is 6.23. The number of hydrogen-bond donors (Lipinski definition) is 1. The number of anilines is 3. The van der Waals surface area contributed by atoms with Crippen molar-refractivity contribution in [3.8, 4) is 0 Å². The number of amides is 1. The molecule has 8 heteroatoms. The lowest BCUT2D eigenvalue weighted by molar-refractivity contribution is -0.131. The van der Waals surface area contributed by atoms with E-state index in [9.17, 15) is 4.79 Å². The summed E-state index contributed by atoms with van der Waals surface area (Å²) < 4.78 is 0. The summed E-state index contributed by atoms with van der Waals surface area (Å²) in [4.78, 5) is 32.6. The maximum absolute atomic E-state index is 12.8. The molecule has 2 fully saturated rings. The highest BCUT2D eigenvalue weighted by Crippen LogP contribution is 2.26. The van der Waals surface area contributed by atoms with Crippen LogP contribution in [0.2, 0.25) is 0 Å². The lowest BCUT2D eigenvalue weighted by Gasteiger charge is -2.36. The van der Waals surface area contributed by atoms with Crippen LogP contribution >= 0.6 is 0 Å². The number of piperazine rings is 1. The minimum Gasteiger partial charge on any atom is -0.370 e. The van der Waals surface area contributed by atoms with Gasteiger partial charge >= 0.3 is 0 Å². The molecule has 1 N–H and O–H groups in total. The highest BCUT2D eigenvalue weighted by atomic mass is 16.2. The monoisotopic (exact) mass is 423 g/mol. The van der Waals surface area contributed by atoms with Crippen molar-refractivity contribution in [2.45, 2.75) is 32.6 Å². The Morgan fingerprint density at radius 2 is 1.94 bits per heavy atom. The summed E-state index contributed by atoms with van der Waals surface area (Å²) in [5.74, 6) is 3.67. The van der Waals surface area contributed by atoms with Gasteiger partial charge in [-0.05, 0) is 44.2 Å². The zero-order valence-corrected chi connectivity index (χ0v) is 18.4. The summed E-state index contributed by atoms with van der Waals surface area (Å²) >= 11 is 0. The SMILES string of the molecule is CCNc1cc(N2CCCC(CCC(=O)N3CCN(c4ccccn4)CC3)C2)ncn1. The van der Waals surface area contributed by atoms with Gasteiger partial charge in [0, 0.05) is 64.5 Å². The number of piperidine rings is 1. The van der Waals surface area contributed by atoms with E-state index in [0.717, 1.165) is 76.1 Å². The van der Waals surface area contributed by atoms with Crippen LogP contribution < -0.4 is 15.1 Å². The predicted octanol–water partition coefficient (Wildman–Crippen LogP) is 2.65. The summed E-state index contributed by atoms with van der Waals surface area (Å²) in [7, 11) is 0. The van der Waals surface area contributed by atoms with Gasteiger partial charge in [0.05, 0.1) is 0 Å². The maximum atomic E-state index is 12.8. The van der Waals surface area contributed by atoms with Crippen LogP contribution in [0.5, 0.6) is 0 Å². The second-order valence-electron chi connectivity index (χ2n) is 8.34. The molecule has 8 nitrogen and oxygen atoms in total. The number of carbonyl (C=O) groups is 1. The second-order valence-corrected chi connectivity index (χ2v) is 8.34. The Hall–Kier alpha value is -2.90. The van der Waals surface area contributed by atoms with Crippen LogP contribution in [-0.2, 0) is 4.79 Å². The van der Waals surface area contributed by atoms with Crippen LogP contribution in [0.3, 0.4) is 0 Å². The van der Waals surface area contributed by atoms with E-state index in [1.165, 1.54) is 6.42 Å². The van der Waals surface area contributed by atoms with Gasteiger partial charge in [-0.3, -0.25) is 4.79 Å². The Morgan fingerprint density at radius 3 is 2.71 bits per heavy atom. The molecule has 0 aromatic carbocycles. The van der Waals surface area contributed by atoms with E-state index in [2.05, 4.69) is 37.0 Å². The number of carbonyl (C=O) groups excluding carboxylic acids is 1. The summed E-state index contributed by atoms with van der Waals surface area (Å²) in [6, 6.07) is 8.00. The first-order valence-electron chi connectivity index (χ1n) is 11.5. The van der Waals surface area contributed by atoms with Gasteiger partial charge in [-0.2, -0.15) is 0 Å². The standard InChI is InChI=1S/C23H33N7O/c1-2-24-20-16-22(27-18-26-20)30-11-5-6-19(17-30)8-9-23(31)29-14-12-28(13-15-29)21-7-3-4-10-25-21/h3-4,7,10,16,18-19H,2,5-6,8-9,11-15,17H2,1H3,(H,24,26,27). The minimum atomic E-state index is 0.286. The van der Waals surface area contributed by atoms with E-state index in [4.69, 9.17) is 0 Å². The predicted molar refractivity (Wildman–Crippen MR) is 123 cm³/mol. The van der Waals surface area contributed by atoms with E-state index in [0.29, 0.717) is 12.3 Å². The number of rotatable bonds is 7. The number of hydrogen-bond acceptors (Lipinski definition) is 7. The molecular weight excluding hydrogens is 390 g/mol. The van der Waals surface area contributed by atoms with E-state index in [1.54, 1.807) is 6.33 Å². The zero-order chi connectivity index (χ0) is 21.5. The summed E-state index contributed by atoms with van der Waals surface area (Å²) in [6.07, 6.45) is 7.36. The first kappa shape index (κ1) is 21.3. The molecular formula is C23H33N7O. The Labute approximate surface area is 184 Å². The fourth-order valence-corrected chi connectivity index (χ4v) is 4.52. The molecule has 31 heavy (non-hydrogen) atoms. The normalized spacial score (nSPS) is 19.4. The van der Waals surface area contributed by atoms with Crippen molar-refractivity contribution >= 4 is 23.4 Å². The maximum Gasteiger partial charge on any atom is 0.222 e. The van der Waals surface area contributed by atoms with Crippen LogP contribution in [0.15, 0.2) is 36.8 Å². The molecule has 2 aliphatic rings. The Balaban J connectivity index is 1.24. The lowest BCUT2D eigenvalue weighted by Crippen LogP contribution is -2.49. The molecule has 0 saturated carbocycles. The van der Waals surface area contributed by atoms with Crippen molar-refractivity contribution in [1.29, 1.82) is 0 Å². The van der Waals surface area contributed by atoms with Gasteiger partial charge in [0.25, 0.3) is 0 Å². The van der Waals surface area contributed by atoms with Crippen molar-refractivity contribution < 1.29 is 4.79 Å². The van der Waals surface area contributed by atoms with Crippen molar-refractivity contribution in [1.82, 2.24) is 19.9 Å². The highest BCUT2D eigenvalue weighted by molar-refractivity contribution is 5.76. The van der Waals surface area contributed by atoms with Crippen molar-refractivity contribution in [2.24, 2.45) is 5.92 Å². The second kappa shape index (κ2) is 10.4. The van der Waals surface area contributed by atoms with Gasteiger partial charge in [-0.25, -0.2) is 15.0 Å². The first-order valence-corrected chi connectivity index (χ1v) is 11.5. The zero-order valence-electron chi connectivity index (χ0n) is 18.4. The van der Waals surface area contributed by atoms with Gasteiger partial charge in [0.1, 0.15) is 23.8 Å². The number of nitrogens with one attached hydrogen (secondary N) is 1. The molecule has 0 bridgehead atoms. The molecule has 2 aliphatic heterocycles. The van der Waals surface area contributed by atoms with Crippen LogP contribution in [0, 0.1) is 5.92 Å². The van der Waals surface area contributed by atoms with E-state index < -0.39 is 0 Å². The molecule has 0 spiro atoms. The fraction of sp³-hybridized carbons (Fsp3) is 0.565. The summed E-state index contributed by atoms with van der Waals surface area (Å²) in [6.45, 7) is 8.14. The van der Waals surface area contributed by atoms with E-state index in [1.807, 2.05) is 35.4 Å². The molecule has 0 aliphatic carbocycles. The van der Waals surface area contributed by atoms with Crippen LogP contribution in [0.1, 0.15) is 32.6 Å². The number of nitrogens with zero attached hydrogens (tertiary/aromatic N) is 6. The number of aromatic nitrogens is 3. The minimum absolute atomic E-state index is 0.286. The Kier molecular flexibility index (Phi) is 7.17. The molecule has 2 aromatic rings. The quantitative estimate of drug-likeness (QED) is 0.733. The largest absolute Gasteiger partial charge is 0.370 e. The molecule has 4 rings (SSSR count). The third kappa shape index (κ3) is 5.62. The van der Waals surface area contributed by atoms with Gasteiger partial charge in [0.15, 0.2) is 0 Å². The highest BCUT2D eigenvalue weighted by Gasteiger charge is 2.25. The van der Waals surface area contributed by atoms with Crippen molar-refractivity contribution in [3.63, 3.8) is 0 Å². The molecule has 1 amide bonds. The molecule has 4 heterocycles. The topological polar surface area (TPSA) is 77.5 Å². The van der Waals surface area contributed by atoms with E-state index in [-0.39, 0.29) is 5.91 Å². The van der Waals surface area contributed by atoms with Gasteiger partial charge in [0.2, 0.25) is 5.91 Å². The summed E-state index contributed by atoms with van der Waals surface area (Å²) in [5.41, 5.74) is 0. The first-order chi connectivity index (χ1) is 15.2. The van der Waals surface area contributed by atoms with Crippen LogP contribution in [-0.4, -0.2) is 71.6 Å². The van der Waals surface area contributed by atoms with E-state index >= 15 is 0 Å². The average Bonchev–Trinajstić information content (AvgIpc) is 2.84. The van der Waals surface area contributed by atoms with Crippen molar-refractivity contribution in [2.75, 3.05) is 60.9 Å². The summed E-state index contributed by atoms with van der Waals surface area (Å²) in [5, 5.41) is 3.25. The Morgan fingerprint density at radius 1 is 1.06 bits per heavy atom. The fourth-order valence-electron chi connectivity index (χ4n) is 4.52. The smallest absolute Gasteiger partial charge is 0.222 e. The van der Waals surface area contributed by atoms with Gasteiger partial charge < -0.3 is 20.0 Å². The molecule has 166 valence electrons. The average molecular weight is 424 g/mol. The molecule has 0 radical (unpaired) electrons. The van der Waals surface area contributed by atoms with Gasteiger partial charge in [-0.15, -0.1) is 0 Å². The molecule has 1 unspecified atom stereocenters. The molecule has 1 atom stereocenters. The van der Waals surface area contributed by atoms with Crippen LogP contribution in [0.4, 0.5) is 17.5 Å². The van der Waals surface area contributed by atoms with Crippen LogP contribution in [0.25, 0.3) is 0 Å². The molecule has 2 aromatic heterocycles. The van der Waals surface area contributed by atoms with Gasteiger partial charge in [-0.1, -0.05) is 6.07 Å². The molecule has 2 saturated heterocycles. The Bertz CT molecular complexity index is 839.